The van der Waals surface area contributed by atoms with E-state index in [0.29, 0.717) is 0 Å². The molecule has 22 rings (SSSR count). The Bertz CT molecular complexity index is 8690. The molecule has 18 aromatic rings. The second-order valence-electron chi connectivity index (χ2n) is 35.8. The lowest BCUT2D eigenvalue weighted by Crippen LogP contribution is -2.15. The molecule has 2 aromatic heterocycles. The standard InChI is InChI=1S/C54H42N2.C33H24BrN.C23H4.C21H19N/c1-53(2)47-22-11-8-19-41(47)44-33-39(26-28-49(44)53)55(37-16-6-5-7-17-37)38-18-14-15-35(31-38)36-25-30-52-46(32-36)43-21-10-13-24-51(43)56(52)40-27-29-50-45(34-40)42-20-9-12-23-48(42)54(50,3)4;1-33(2)29-12-5-3-10-25(29)27-20-24(15-16-30(27)33)35-31-13-6-4-11-26(31)28-19-22(14-17-32(28)35)21-8-7-9-23(34)18-21;1-3-5-7-9-11-13-15-17-19-21-23-22-20-18-16-14-12-10-8-6-4-2;1-21(2)19-11-7-6-10-17(19)18-14-16(12-13-20(18)21)22-15-8-4-3-5-9-15/h5-34H,1-4H3;3-20H,1-2H3;1H,2H3;3-14,22H,1-2H3. The third-order valence-corrected chi connectivity index (χ3v) is 26.9. The van der Waals surface area contributed by atoms with Gasteiger partial charge in [0, 0.05) is 111 Å². The second kappa shape index (κ2) is 37.7. The molecule has 4 aliphatic rings. The van der Waals surface area contributed by atoms with Gasteiger partial charge in [-0.3, -0.25) is 0 Å². The number of fused-ring (bicyclic) bond motifs is 18. The summed E-state index contributed by atoms with van der Waals surface area (Å²) in [5.41, 5.74) is 39.8. The maximum absolute atomic E-state index is 4.90. The van der Waals surface area contributed by atoms with Gasteiger partial charge in [0.1, 0.15) is 0 Å². The van der Waals surface area contributed by atoms with Crippen LogP contribution in [0.2, 0.25) is 0 Å². The van der Waals surface area contributed by atoms with Gasteiger partial charge in [0.05, 0.1) is 22.1 Å². The zero-order valence-electron chi connectivity index (χ0n) is 76.9. The molecule has 0 atom stereocenters. The van der Waals surface area contributed by atoms with E-state index in [9.17, 15) is 0 Å². The predicted octanol–water partition coefficient (Wildman–Crippen LogP) is 30.5. The summed E-state index contributed by atoms with van der Waals surface area (Å²) >= 11 is 3.62. The van der Waals surface area contributed by atoms with Gasteiger partial charge in [-0.2, -0.15) is 0 Å². The zero-order chi connectivity index (χ0) is 93.5. The summed E-state index contributed by atoms with van der Waals surface area (Å²) in [6.45, 7) is 20.4. The molecule has 1 N–H and O–H groups in total. The van der Waals surface area contributed by atoms with E-state index < -0.39 is 0 Å². The van der Waals surface area contributed by atoms with E-state index in [-0.39, 0.29) is 21.7 Å². The van der Waals surface area contributed by atoms with Crippen LogP contribution in [0.25, 0.3) is 122 Å². The number of aromatic nitrogens is 2. The Labute approximate surface area is 807 Å². The van der Waals surface area contributed by atoms with Gasteiger partial charge >= 0.3 is 0 Å². The van der Waals surface area contributed by atoms with Crippen molar-refractivity contribution >= 4 is 88.0 Å². The van der Waals surface area contributed by atoms with E-state index in [0.717, 1.165) is 32.9 Å². The minimum absolute atomic E-state index is 0.0180. The molecule has 0 bridgehead atoms. The first-order valence-corrected chi connectivity index (χ1v) is 46.1. The third kappa shape index (κ3) is 16.9. The van der Waals surface area contributed by atoms with Crippen molar-refractivity contribution in [2.75, 3.05) is 10.2 Å². The van der Waals surface area contributed by atoms with Crippen LogP contribution in [0.4, 0.5) is 28.4 Å². The van der Waals surface area contributed by atoms with Crippen molar-refractivity contribution in [1.29, 1.82) is 0 Å². The summed E-state index contributed by atoms with van der Waals surface area (Å²) in [5.74, 6) is 51.9. The largest absolute Gasteiger partial charge is 0.356 e. The summed E-state index contributed by atoms with van der Waals surface area (Å²) in [6.07, 6.45) is 4.90. The van der Waals surface area contributed by atoms with E-state index in [2.05, 4.69) is 561 Å². The molecule has 4 aliphatic carbocycles. The highest BCUT2D eigenvalue weighted by molar-refractivity contribution is 9.10. The van der Waals surface area contributed by atoms with Gasteiger partial charge in [-0.05, 0) is 346 Å². The number of benzene rings is 16. The molecular formula is C131H89BrN4. The number of halogens is 1. The molecule has 0 radical (unpaired) electrons. The SMILES string of the molecule is C#CC#CC#CC#CC#CC#CC#CC#CC#CC#CC#CC.CC1(C)c2ccccc2-c2cc(-n3c4ccccc4c4cc(-c5cccc(Br)c5)ccc43)ccc21.CC1(C)c2ccccc2-c2cc(N(c3ccccc3)c3cccc(-c4ccc5c(c4)c4ccccc4n5-c4ccc5c(c4)-c4ccccc4C5(C)C)c3)ccc21.CC1(C)c2ccccc2-c2cc(Nc3ccccc3)ccc21. The third-order valence-electron chi connectivity index (χ3n) is 26.4. The van der Waals surface area contributed by atoms with Crippen molar-refractivity contribution < 1.29 is 0 Å². The Balaban J connectivity index is 0.000000127. The zero-order valence-corrected chi connectivity index (χ0v) is 78.5. The first-order chi connectivity index (χ1) is 66.4. The van der Waals surface area contributed by atoms with E-state index in [1.54, 1.807) is 6.92 Å². The van der Waals surface area contributed by atoms with Crippen LogP contribution in [-0.4, -0.2) is 9.13 Å². The number of hydrogen-bond donors (Lipinski definition) is 1. The van der Waals surface area contributed by atoms with E-state index in [4.69, 9.17) is 6.42 Å². The lowest BCUT2D eigenvalue weighted by Gasteiger charge is -2.27. The van der Waals surface area contributed by atoms with Crippen LogP contribution < -0.4 is 10.2 Å². The predicted molar refractivity (Wildman–Crippen MR) is 574 cm³/mol. The van der Waals surface area contributed by atoms with Crippen LogP contribution >= 0.6 is 15.9 Å². The summed E-state index contributed by atoms with van der Waals surface area (Å²) < 4.78 is 5.96. The molecule has 640 valence electrons. The summed E-state index contributed by atoms with van der Waals surface area (Å²) in [6, 6.07) is 133. The number of terminal acetylenes is 1. The topological polar surface area (TPSA) is 25.1 Å². The molecule has 0 spiro atoms. The number of para-hydroxylation sites is 4. The summed E-state index contributed by atoms with van der Waals surface area (Å²) in [5, 5.41) is 8.56. The van der Waals surface area contributed by atoms with Crippen LogP contribution in [-0.2, 0) is 21.7 Å². The molecule has 136 heavy (non-hydrogen) atoms. The molecule has 0 saturated carbocycles. The first kappa shape index (κ1) is 87.7. The Hall–Kier alpha value is -17.6. The number of nitrogens with zero attached hydrogens (tertiary/aromatic N) is 3. The van der Waals surface area contributed by atoms with Gasteiger partial charge in [0.15, 0.2) is 0 Å². The average Bonchev–Trinajstić information content (AvgIpc) is 1.55. The Morgan fingerprint density at radius 3 is 1.01 bits per heavy atom. The molecule has 16 aromatic carbocycles. The number of hydrogen-bond acceptors (Lipinski definition) is 2. The number of nitrogens with one attached hydrogen (secondary N) is 1. The van der Waals surface area contributed by atoms with Gasteiger partial charge < -0.3 is 19.4 Å². The van der Waals surface area contributed by atoms with Crippen molar-refractivity contribution in [2.45, 2.75) is 84.0 Å². The molecule has 0 aliphatic heterocycles. The second-order valence-corrected chi connectivity index (χ2v) is 36.7. The van der Waals surface area contributed by atoms with Gasteiger partial charge in [-0.15, -0.1) is 6.42 Å². The van der Waals surface area contributed by atoms with Crippen molar-refractivity contribution in [3.05, 3.63) is 413 Å². The Morgan fingerprint density at radius 1 is 0.243 bits per heavy atom. The molecule has 5 heteroatoms. The van der Waals surface area contributed by atoms with Crippen molar-refractivity contribution in [1.82, 2.24) is 9.13 Å². The molecule has 0 amide bonds. The fraction of sp³-hybridized carbons (Fsp3) is 0.0992. The maximum Gasteiger partial charge on any atom is 0.0541 e. The molecule has 2 heterocycles. The first-order valence-electron chi connectivity index (χ1n) is 45.3. The minimum atomic E-state index is -0.0351. The normalized spacial score (nSPS) is 12.4. The lowest BCUT2D eigenvalue weighted by molar-refractivity contribution is 0.660. The van der Waals surface area contributed by atoms with Crippen LogP contribution in [0.1, 0.15) is 107 Å². The molecule has 0 fully saturated rings. The number of rotatable bonds is 9. The maximum atomic E-state index is 4.90. The van der Waals surface area contributed by atoms with Crippen molar-refractivity contribution in [3.63, 3.8) is 0 Å². The Morgan fingerprint density at radius 2 is 0.574 bits per heavy atom. The highest BCUT2D eigenvalue weighted by Crippen LogP contribution is 2.55. The molecule has 4 nitrogen and oxygen atoms in total. The Kier molecular flexibility index (Phi) is 24.3. The van der Waals surface area contributed by atoms with Crippen LogP contribution in [0.15, 0.2) is 368 Å². The molecule has 0 unspecified atom stereocenters. The fourth-order valence-electron chi connectivity index (χ4n) is 20.0. The highest BCUT2D eigenvalue weighted by Gasteiger charge is 2.40. The minimum Gasteiger partial charge on any atom is -0.356 e. The van der Waals surface area contributed by atoms with Crippen molar-refractivity contribution in [3.8, 4) is 209 Å². The van der Waals surface area contributed by atoms with Gasteiger partial charge in [-0.1, -0.05) is 308 Å². The van der Waals surface area contributed by atoms with Gasteiger partial charge in [0.2, 0.25) is 0 Å². The van der Waals surface area contributed by atoms with E-state index in [1.165, 1.54) is 166 Å². The van der Waals surface area contributed by atoms with Gasteiger partial charge in [0.25, 0.3) is 0 Å². The quantitative estimate of drug-likeness (QED) is 0.146. The average molecular weight is 1800 g/mol. The smallest absolute Gasteiger partial charge is 0.0541 e. The van der Waals surface area contributed by atoms with Gasteiger partial charge in [-0.25, -0.2) is 0 Å². The summed E-state index contributed by atoms with van der Waals surface area (Å²) in [7, 11) is 0. The number of anilines is 5. The molecule has 0 saturated heterocycles. The fourth-order valence-corrected chi connectivity index (χ4v) is 20.4. The van der Waals surface area contributed by atoms with E-state index >= 15 is 0 Å². The monoisotopic (exact) mass is 1800 g/mol. The molecular weight excluding hydrogens is 1710 g/mol. The van der Waals surface area contributed by atoms with Crippen molar-refractivity contribution in [2.24, 2.45) is 0 Å². The lowest BCUT2D eigenvalue weighted by atomic mass is 9.82. The summed E-state index contributed by atoms with van der Waals surface area (Å²) in [4.78, 5) is 2.40. The van der Waals surface area contributed by atoms with Crippen LogP contribution in [0, 0.1) is 131 Å². The highest BCUT2D eigenvalue weighted by atomic mass is 79.9. The van der Waals surface area contributed by atoms with E-state index in [1.807, 2.05) is 18.2 Å². The van der Waals surface area contributed by atoms with Crippen LogP contribution in [0.5, 0.6) is 0 Å². The van der Waals surface area contributed by atoms with Crippen LogP contribution in [0.3, 0.4) is 0 Å².